The number of esters is 1. The number of carboxylic acid groups (broad SMARTS) is 1. The summed E-state index contributed by atoms with van der Waals surface area (Å²) in [7, 11) is 1.27. The predicted octanol–water partition coefficient (Wildman–Crippen LogP) is 3.86. The number of carboxylic acids is 1. The fourth-order valence-corrected chi connectivity index (χ4v) is 2.85. The van der Waals surface area contributed by atoms with Crippen molar-refractivity contribution in [2.24, 2.45) is 0 Å². The van der Waals surface area contributed by atoms with Crippen LogP contribution in [0.4, 0.5) is 5.69 Å². The summed E-state index contributed by atoms with van der Waals surface area (Å²) in [6.45, 7) is -0.210. The molecular formula is C23H19NO6. The van der Waals surface area contributed by atoms with E-state index in [9.17, 15) is 19.5 Å². The molecule has 7 heteroatoms. The molecular weight excluding hydrogens is 386 g/mol. The lowest BCUT2D eigenvalue weighted by molar-refractivity contribution is -0.142. The van der Waals surface area contributed by atoms with Gasteiger partial charge in [0.1, 0.15) is 5.75 Å². The minimum Gasteiger partial charge on any atom is -0.482 e. The second-order valence-electron chi connectivity index (χ2n) is 6.24. The number of rotatable bonds is 7. The van der Waals surface area contributed by atoms with Crippen molar-refractivity contribution in [1.29, 1.82) is 0 Å². The average Bonchev–Trinajstić information content (AvgIpc) is 2.78. The van der Waals surface area contributed by atoms with Crippen LogP contribution in [0, 0.1) is 0 Å². The first-order chi connectivity index (χ1) is 14.5. The topological polar surface area (TPSA) is 102 Å². The minimum atomic E-state index is -1.07. The Bertz CT molecular complexity index is 1080. The Labute approximate surface area is 172 Å². The van der Waals surface area contributed by atoms with Gasteiger partial charge >= 0.3 is 11.9 Å². The highest BCUT2D eigenvalue weighted by atomic mass is 16.6. The molecule has 0 aliphatic rings. The molecule has 3 aromatic carbocycles. The van der Waals surface area contributed by atoms with Gasteiger partial charge in [-0.3, -0.25) is 4.79 Å². The van der Waals surface area contributed by atoms with Crippen LogP contribution in [0.25, 0.3) is 11.1 Å². The number of anilines is 1. The van der Waals surface area contributed by atoms with Gasteiger partial charge in [-0.05, 0) is 47.5 Å². The van der Waals surface area contributed by atoms with Crippen LogP contribution in [0.15, 0.2) is 72.8 Å². The molecule has 0 atom stereocenters. The number of amides is 1. The van der Waals surface area contributed by atoms with Gasteiger partial charge in [-0.25, -0.2) is 9.59 Å². The summed E-state index contributed by atoms with van der Waals surface area (Å²) < 4.78 is 9.78. The molecule has 0 saturated carbocycles. The molecule has 7 nitrogen and oxygen atoms in total. The second kappa shape index (κ2) is 9.38. The maximum Gasteiger partial charge on any atom is 0.343 e. The number of carbonyl (C=O) groups is 3. The molecule has 30 heavy (non-hydrogen) atoms. The SMILES string of the molecule is COC(=O)COc1ccc(NC(=O)c2ccccc2-c2ccccc2C(=O)O)cc1. The van der Waals surface area contributed by atoms with Crippen molar-refractivity contribution in [2.45, 2.75) is 0 Å². The number of hydrogen-bond donors (Lipinski definition) is 2. The van der Waals surface area contributed by atoms with E-state index in [4.69, 9.17) is 4.74 Å². The van der Waals surface area contributed by atoms with E-state index in [0.717, 1.165) is 0 Å². The number of aromatic carboxylic acids is 1. The van der Waals surface area contributed by atoms with Gasteiger partial charge in [-0.15, -0.1) is 0 Å². The molecule has 0 fully saturated rings. The summed E-state index contributed by atoms with van der Waals surface area (Å²) in [4.78, 5) is 35.6. The Morgan fingerprint density at radius 2 is 1.40 bits per heavy atom. The number of carbonyl (C=O) groups excluding carboxylic acids is 2. The highest BCUT2D eigenvalue weighted by molar-refractivity contribution is 6.10. The van der Waals surface area contributed by atoms with Gasteiger partial charge < -0.3 is 19.9 Å². The molecule has 3 aromatic rings. The van der Waals surface area contributed by atoms with Gasteiger partial charge in [0.2, 0.25) is 0 Å². The van der Waals surface area contributed by atoms with Crippen molar-refractivity contribution in [1.82, 2.24) is 0 Å². The van der Waals surface area contributed by atoms with Crippen LogP contribution in [0.1, 0.15) is 20.7 Å². The Kier molecular flexibility index (Phi) is 6.44. The lowest BCUT2D eigenvalue weighted by atomic mass is 9.95. The summed E-state index contributed by atoms with van der Waals surface area (Å²) in [5.41, 5.74) is 1.96. The fraction of sp³-hybridized carbons (Fsp3) is 0.0870. The molecule has 0 aliphatic heterocycles. The van der Waals surface area contributed by atoms with Crippen molar-refractivity contribution < 1.29 is 29.0 Å². The number of hydrogen-bond acceptors (Lipinski definition) is 5. The van der Waals surface area contributed by atoms with Crippen molar-refractivity contribution in [3.8, 4) is 16.9 Å². The lowest BCUT2D eigenvalue weighted by Crippen LogP contribution is -2.14. The fourth-order valence-electron chi connectivity index (χ4n) is 2.85. The first-order valence-corrected chi connectivity index (χ1v) is 9.02. The Morgan fingerprint density at radius 3 is 2.00 bits per heavy atom. The third-order valence-electron chi connectivity index (χ3n) is 4.32. The van der Waals surface area contributed by atoms with Gasteiger partial charge in [-0.1, -0.05) is 36.4 Å². The Hall–Kier alpha value is -4.13. The van der Waals surface area contributed by atoms with E-state index in [-0.39, 0.29) is 18.1 Å². The van der Waals surface area contributed by atoms with E-state index in [1.165, 1.54) is 13.2 Å². The largest absolute Gasteiger partial charge is 0.482 e. The molecule has 0 unspecified atom stereocenters. The molecule has 1 amide bonds. The number of methoxy groups -OCH3 is 1. The number of benzene rings is 3. The van der Waals surface area contributed by atoms with Crippen molar-refractivity contribution >= 4 is 23.5 Å². The molecule has 0 saturated heterocycles. The third kappa shape index (κ3) is 4.82. The lowest BCUT2D eigenvalue weighted by Gasteiger charge is -2.13. The molecule has 0 aromatic heterocycles. The Balaban J connectivity index is 1.81. The molecule has 0 radical (unpaired) electrons. The van der Waals surface area contributed by atoms with E-state index in [0.29, 0.717) is 28.1 Å². The van der Waals surface area contributed by atoms with Crippen molar-refractivity contribution in [3.05, 3.63) is 83.9 Å². The standard InChI is InChI=1S/C23H19NO6/c1-29-21(25)14-30-16-12-10-15(11-13-16)24-22(26)19-8-4-2-6-17(19)18-7-3-5-9-20(18)23(27)28/h2-13H,14H2,1H3,(H,24,26)(H,27,28). The van der Waals surface area contributed by atoms with Crippen molar-refractivity contribution in [3.63, 3.8) is 0 Å². The van der Waals surface area contributed by atoms with E-state index in [1.807, 2.05) is 0 Å². The average molecular weight is 405 g/mol. The molecule has 2 N–H and O–H groups in total. The van der Waals surface area contributed by atoms with Gasteiger partial charge in [-0.2, -0.15) is 0 Å². The smallest absolute Gasteiger partial charge is 0.343 e. The molecule has 0 bridgehead atoms. The van der Waals surface area contributed by atoms with Gasteiger partial charge in [0.05, 0.1) is 12.7 Å². The van der Waals surface area contributed by atoms with E-state index >= 15 is 0 Å². The molecule has 0 aliphatic carbocycles. The molecule has 0 spiro atoms. The van der Waals surface area contributed by atoms with E-state index in [2.05, 4.69) is 10.1 Å². The Morgan fingerprint density at radius 1 is 0.833 bits per heavy atom. The van der Waals surface area contributed by atoms with Crippen LogP contribution >= 0.6 is 0 Å². The zero-order valence-electron chi connectivity index (χ0n) is 16.1. The van der Waals surface area contributed by atoms with Crippen LogP contribution in [0.5, 0.6) is 5.75 Å². The summed E-state index contributed by atoms with van der Waals surface area (Å²) in [6.07, 6.45) is 0. The molecule has 152 valence electrons. The van der Waals surface area contributed by atoms with E-state index in [1.54, 1.807) is 66.7 Å². The van der Waals surface area contributed by atoms with Crippen LogP contribution in [0.3, 0.4) is 0 Å². The minimum absolute atomic E-state index is 0.116. The van der Waals surface area contributed by atoms with Crippen LogP contribution in [-0.4, -0.2) is 36.7 Å². The van der Waals surface area contributed by atoms with E-state index < -0.39 is 11.9 Å². The second-order valence-corrected chi connectivity index (χ2v) is 6.24. The number of ether oxygens (including phenoxy) is 2. The first kappa shape index (κ1) is 20.6. The zero-order chi connectivity index (χ0) is 21.5. The monoisotopic (exact) mass is 405 g/mol. The summed E-state index contributed by atoms with van der Waals surface area (Å²) in [5, 5.41) is 12.3. The van der Waals surface area contributed by atoms with Crippen LogP contribution < -0.4 is 10.1 Å². The highest BCUT2D eigenvalue weighted by Gasteiger charge is 2.17. The first-order valence-electron chi connectivity index (χ1n) is 9.02. The highest BCUT2D eigenvalue weighted by Crippen LogP contribution is 2.28. The molecule has 0 heterocycles. The maximum atomic E-state index is 12.9. The number of nitrogens with one attached hydrogen (secondary N) is 1. The third-order valence-corrected chi connectivity index (χ3v) is 4.32. The quantitative estimate of drug-likeness (QED) is 0.579. The van der Waals surface area contributed by atoms with Gasteiger partial charge in [0, 0.05) is 11.3 Å². The summed E-state index contributed by atoms with van der Waals surface area (Å²) >= 11 is 0. The maximum absolute atomic E-state index is 12.9. The zero-order valence-corrected chi connectivity index (χ0v) is 16.1. The predicted molar refractivity (Wildman–Crippen MR) is 111 cm³/mol. The molecule has 3 rings (SSSR count). The normalized spacial score (nSPS) is 10.2. The van der Waals surface area contributed by atoms with Gasteiger partial charge in [0.15, 0.2) is 6.61 Å². The van der Waals surface area contributed by atoms with Crippen molar-refractivity contribution in [2.75, 3.05) is 19.0 Å². The summed E-state index contributed by atoms with van der Waals surface area (Å²) in [6, 6.07) is 19.8. The summed E-state index contributed by atoms with van der Waals surface area (Å²) in [5.74, 6) is -1.49. The van der Waals surface area contributed by atoms with Crippen LogP contribution in [0.2, 0.25) is 0 Å². The van der Waals surface area contributed by atoms with Gasteiger partial charge in [0.25, 0.3) is 5.91 Å². The van der Waals surface area contributed by atoms with Crippen LogP contribution in [-0.2, 0) is 9.53 Å².